The highest BCUT2D eigenvalue weighted by Crippen LogP contribution is 2.22. The normalized spacial score (nSPS) is 21.7. The van der Waals surface area contributed by atoms with Gasteiger partial charge in [-0.15, -0.1) is 0 Å². The fourth-order valence-electron chi connectivity index (χ4n) is 2.88. The molecule has 2 rings (SSSR count). The highest BCUT2D eigenvalue weighted by molar-refractivity contribution is 6.31. The van der Waals surface area contributed by atoms with Crippen LogP contribution in [-0.2, 0) is 11.3 Å². The molecule has 1 amide bonds. The molecule has 0 radical (unpaired) electrons. The zero-order chi connectivity index (χ0) is 16.8. The van der Waals surface area contributed by atoms with Crippen molar-refractivity contribution < 1.29 is 9.90 Å². The number of hydrogen-bond donors (Lipinski definition) is 2. The summed E-state index contributed by atoms with van der Waals surface area (Å²) in [6, 6.07) is -0.148. The van der Waals surface area contributed by atoms with Crippen LogP contribution in [0.4, 0.5) is 0 Å². The molecule has 6 heteroatoms. The average molecular weight is 340 g/mol. The van der Waals surface area contributed by atoms with Crippen LogP contribution < -0.4 is 5.32 Å². The number of carbonyl (C=O) groups is 1. The number of unbranched alkanes of at least 4 members (excludes halogenated alkanes) is 1. The predicted octanol–water partition coefficient (Wildman–Crippen LogP) is 3.08. The van der Waals surface area contributed by atoms with Crippen LogP contribution in [0.25, 0.3) is 6.08 Å². The van der Waals surface area contributed by atoms with Gasteiger partial charge in [0.2, 0.25) is 5.91 Å². The third-order valence-corrected chi connectivity index (χ3v) is 4.69. The van der Waals surface area contributed by atoms with Crippen LogP contribution in [0, 0.1) is 6.92 Å². The Bertz CT molecular complexity index is 568. The molecule has 1 heterocycles. The summed E-state index contributed by atoms with van der Waals surface area (Å²) in [6.45, 7) is 4.79. The second kappa shape index (κ2) is 8.50. The Hall–Kier alpha value is -1.33. The van der Waals surface area contributed by atoms with Gasteiger partial charge >= 0.3 is 0 Å². The lowest BCUT2D eigenvalue weighted by atomic mass is 9.92. The Morgan fingerprint density at radius 1 is 1.48 bits per heavy atom. The van der Waals surface area contributed by atoms with E-state index in [0.717, 1.165) is 56.3 Å². The molecule has 0 saturated heterocycles. The van der Waals surface area contributed by atoms with Crippen molar-refractivity contribution in [2.45, 2.75) is 71.1 Å². The number of aromatic nitrogens is 2. The lowest BCUT2D eigenvalue weighted by molar-refractivity contribution is -0.118. The van der Waals surface area contributed by atoms with Crippen molar-refractivity contribution in [1.29, 1.82) is 0 Å². The van der Waals surface area contributed by atoms with Gasteiger partial charge < -0.3 is 10.4 Å². The minimum absolute atomic E-state index is 0.148. The number of halogens is 1. The molecule has 0 aliphatic heterocycles. The van der Waals surface area contributed by atoms with Gasteiger partial charge in [-0.2, -0.15) is 5.10 Å². The van der Waals surface area contributed by atoms with Crippen molar-refractivity contribution in [3.63, 3.8) is 0 Å². The minimum atomic E-state index is -0.441. The maximum Gasteiger partial charge on any atom is 0.244 e. The summed E-state index contributed by atoms with van der Waals surface area (Å²) >= 11 is 6.34. The van der Waals surface area contributed by atoms with E-state index in [1.54, 1.807) is 10.8 Å². The summed E-state index contributed by atoms with van der Waals surface area (Å²) in [4.78, 5) is 12.1. The maximum atomic E-state index is 12.1. The molecule has 0 bridgehead atoms. The van der Waals surface area contributed by atoms with Gasteiger partial charge in [0.15, 0.2) is 0 Å². The minimum Gasteiger partial charge on any atom is -0.391 e. The third kappa shape index (κ3) is 4.82. The van der Waals surface area contributed by atoms with Gasteiger partial charge in [0.05, 0.1) is 17.8 Å². The number of carbonyl (C=O) groups excluding carboxylic acids is 1. The van der Waals surface area contributed by atoms with E-state index in [9.17, 15) is 9.90 Å². The zero-order valence-electron chi connectivity index (χ0n) is 13.9. The second-order valence-corrected chi connectivity index (χ2v) is 6.52. The van der Waals surface area contributed by atoms with Gasteiger partial charge in [0, 0.05) is 18.2 Å². The molecule has 23 heavy (non-hydrogen) atoms. The lowest BCUT2D eigenvalue weighted by Gasteiger charge is -2.27. The predicted molar refractivity (Wildman–Crippen MR) is 92.3 cm³/mol. The Balaban J connectivity index is 1.99. The van der Waals surface area contributed by atoms with E-state index in [-0.39, 0.29) is 11.9 Å². The van der Waals surface area contributed by atoms with E-state index in [1.807, 2.05) is 6.92 Å². The third-order valence-electron chi connectivity index (χ3n) is 4.29. The fraction of sp³-hybridized carbons (Fsp3) is 0.647. The smallest absolute Gasteiger partial charge is 0.244 e. The first-order chi connectivity index (χ1) is 11.0. The molecule has 2 N–H and O–H groups in total. The lowest BCUT2D eigenvalue weighted by Crippen LogP contribution is -2.44. The van der Waals surface area contributed by atoms with Gasteiger partial charge in [-0.05, 0) is 32.3 Å². The van der Waals surface area contributed by atoms with Crippen LogP contribution in [0.15, 0.2) is 6.08 Å². The number of rotatable bonds is 6. The summed E-state index contributed by atoms with van der Waals surface area (Å²) in [5.41, 5.74) is 1.59. The van der Waals surface area contributed by atoms with Crippen molar-refractivity contribution in [3.8, 4) is 0 Å². The Labute approximate surface area is 142 Å². The van der Waals surface area contributed by atoms with Crippen LogP contribution >= 0.6 is 11.6 Å². The summed E-state index contributed by atoms with van der Waals surface area (Å²) in [5.74, 6) is -0.201. The van der Waals surface area contributed by atoms with Gasteiger partial charge in [0.25, 0.3) is 0 Å². The highest BCUT2D eigenvalue weighted by atomic mass is 35.5. The monoisotopic (exact) mass is 339 g/mol. The summed E-state index contributed by atoms with van der Waals surface area (Å²) in [7, 11) is 0. The molecular formula is C17H26ClN3O2. The van der Waals surface area contributed by atoms with Crippen molar-refractivity contribution in [2.24, 2.45) is 0 Å². The van der Waals surface area contributed by atoms with Gasteiger partial charge in [0.1, 0.15) is 5.15 Å². The Kier molecular flexibility index (Phi) is 6.66. The number of aliphatic hydroxyl groups is 1. The number of aryl methyl sites for hydroxylation is 2. The highest BCUT2D eigenvalue weighted by Gasteiger charge is 2.23. The Morgan fingerprint density at radius 2 is 2.22 bits per heavy atom. The molecule has 5 nitrogen and oxygen atoms in total. The van der Waals surface area contributed by atoms with Gasteiger partial charge in [-0.3, -0.25) is 9.48 Å². The average Bonchev–Trinajstić information content (AvgIpc) is 2.79. The van der Waals surface area contributed by atoms with Crippen LogP contribution in [0.5, 0.6) is 0 Å². The number of nitrogens with zero attached hydrogens (tertiary/aromatic N) is 2. The van der Waals surface area contributed by atoms with E-state index < -0.39 is 6.10 Å². The van der Waals surface area contributed by atoms with Crippen LogP contribution in [0.1, 0.15) is 56.7 Å². The van der Waals surface area contributed by atoms with Crippen molar-refractivity contribution >= 4 is 23.6 Å². The van der Waals surface area contributed by atoms with Crippen LogP contribution in [0.2, 0.25) is 5.15 Å². The van der Waals surface area contributed by atoms with Gasteiger partial charge in [-0.1, -0.05) is 37.8 Å². The molecule has 1 fully saturated rings. The number of nitrogens with one attached hydrogen (secondary N) is 1. The molecule has 128 valence electrons. The summed E-state index contributed by atoms with van der Waals surface area (Å²) in [6.07, 6.45) is 8.48. The SMILES string of the molecule is CCCCn1nc(C)c(/C=C/C(=O)NC2CCCCC2O)c1Cl. The summed E-state index contributed by atoms with van der Waals surface area (Å²) in [5, 5.41) is 17.8. The molecular weight excluding hydrogens is 314 g/mol. The molecule has 1 saturated carbocycles. The summed E-state index contributed by atoms with van der Waals surface area (Å²) < 4.78 is 1.78. The van der Waals surface area contributed by atoms with E-state index in [4.69, 9.17) is 11.6 Å². The number of aliphatic hydroxyl groups excluding tert-OH is 1. The molecule has 2 unspecified atom stereocenters. The quantitative estimate of drug-likeness (QED) is 0.783. The molecule has 2 atom stereocenters. The largest absolute Gasteiger partial charge is 0.391 e. The molecule has 1 aliphatic carbocycles. The molecule has 0 aromatic carbocycles. The first-order valence-corrected chi connectivity index (χ1v) is 8.80. The topological polar surface area (TPSA) is 67.2 Å². The zero-order valence-corrected chi connectivity index (χ0v) is 14.6. The van der Waals surface area contributed by atoms with E-state index in [0.29, 0.717) is 5.15 Å². The van der Waals surface area contributed by atoms with E-state index in [1.165, 1.54) is 6.08 Å². The van der Waals surface area contributed by atoms with Crippen molar-refractivity contribution in [1.82, 2.24) is 15.1 Å². The maximum absolute atomic E-state index is 12.1. The van der Waals surface area contributed by atoms with Crippen LogP contribution in [0.3, 0.4) is 0 Å². The molecule has 1 aromatic heterocycles. The molecule has 1 aliphatic rings. The van der Waals surface area contributed by atoms with E-state index in [2.05, 4.69) is 17.3 Å². The fourth-order valence-corrected chi connectivity index (χ4v) is 3.20. The first kappa shape index (κ1) is 18.0. The number of hydrogen-bond acceptors (Lipinski definition) is 3. The molecule has 0 spiro atoms. The van der Waals surface area contributed by atoms with Gasteiger partial charge in [-0.25, -0.2) is 0 Å². The van der Waals surface area contributed by atoms with Crippen molar-refractivity contribution in [3.05, 3.63) is 22.5 Å². The standard InChI is InChI=1S/C17H26ClN3O2/c1-3-4-11-21-17(18)13(12(2)20-21)9-10-16(23)19-14-7-5-6-8-15(14)22/h9-10,14-15,22H,3-8,11H2,1-2H3,(H,19,23)/b10-9+. The van der Waals surface area contributed by atoms with E-state index >= 15 is 0 Å². The Morgan fingerprint density at radius 3 is 2.91 bits per heavy atom. The van der Waals surface area contributed by atoms with Crippen molar-refractivity contribution in [2.75, 3.05) is 0 Å². The first-order valence-electron chi connectivity index (χ1n) is 8.42. The number of amides is 1. The van der Waals surface area contributed by atoms with Crippen LogP contribution in [-0.4, -0.2) is 32.9 Å². The molecule has 1 aromatic rings. The second-order valence-electron chi connectivity index (χ2n) is 6.17.